The topological polar surface area (TPSA) is 117 Å². The molecule has 8 nitrogen and oxygen atoms in total. The highest BCUT2D eigenvalue weighted by Gasteiger charge is 2.40. The van der Waals surface area contributed by atoms with E-state index in [0.717, 1.165) is 12.1 Å². The predicted molar refractivity (Wildman–Crippen MR) is 126 cm³/mol. The first-order valence-corrected chi connectivity index (χ1v) is 10.8. The van der Waals surface area contributed by atoms with Crippen LogP contribution in [0.3, 0.4) is 0 Å². The van der Waals surface area contributed by atoms with Crippen molar-refractivity contribution in [2.24, 2.45) is 11.6 Å². The van der Waals surface area contributed by atoms with Gasteiger partial charge >= 0.3 is 6.18 Å². The molecule has 1 aliphatic rings. The molecule has 35 heavy (non-hydrogen) atoms. The maximum Gasteiger partial charge on any atom is 0.416 e. The molecule has 0 bridgehead atoms. The average molecular weight is 489 g/mol. The number of rotatable bonds is 10. The van der Waals surface area contributed by atoms with Crippen molar-refractivity contribution in [2.75, 3.05) is 24.5 Å². The monoisotopic (exact) mass is 488 g/mol. The van der Waals surface area contributed by atoms with Crippen LogP contribution in [0.25, 0.3) is 0 Å². The Morgan fingerprint density at radius 2 is 1.94 bits per heavy atom. The predicted octanol–water partition coefficient (Wildman–Crippen LogP) is 2.23. The lowest BCUT2D eigenvalue weighted by Gasteiger charge is -2.21. The molecule has 0 atom stereocenters. The van der Waals surface area contributed by atoms with Crippen LogP contribution in [0.4, 0.5) is 18.9 Å². The molecule has 0 aromatic heterocycles. The van der Waals surface area contributed by atoms with E-state index in [-0.39, 0.29) is 49.8 Å². The van der Waals surface area contributed by atoms with Crippen LogP contribution >= 0.6 is 0 Å². The van der Waals surface area contributed by atoms with Gasteiger partial charge in [0.25, 0.3) is 5.91 Å². The number of carbonyl (C=O) groups excluding carboxylic acids is 2. The van der Waals surface area contributed by atoms with E-state index in [4.69, 9.17) is 11.6 Å². The maximum atomic E-state index is 13.9. The molecule has 186 valence electrons. The largest absolute Gasteiger partial charge is 0.416 e. The van der Waals surface area contributed by atoms with Gasteiger partial charge in [-0.3, -0.25) is 15.4 Å². The number of halogens is 3. The van der Waals surface area contributed by atoms with Crippen molar-refractivity contribution in [3.05, 3.63) is 89.3 Å². The molecule has 3 rings (SSSR count). The van der Waals surface area contributed by atoms with Crippen molar-refractivity contribution in [3.63, 3.8) is 0 Å². The highest BCUT2D eigenvalue weighted by Crippen LogP contribution is 2.39. The summed E-state index contributed by atoms with van der Waals surface area (Å²) in [5.74, 6) is 4.35. The molecule has 2 amide bonds. The van der Waals surface area contributed by atoms with Gasteiger partial charge in [-0.05, 0) is 41.5 Å². The summed E-state index contributed by atoms with van der Waals surface area (Å²) in [5.41, 5.74) is 8.40. The highest BCUT2D eigenvalue weighted by atomic mass is 19.4. The molecule has 2 aromatic rings. The zero-order valence-corrected chi connectivity index (χ0v) is 18.9. The van der Waals surface area contributed by atoms with E-state index in [2.05, 4.69) is 17.3 Å². The Morgan fingerprint density at radius 1 is 1.23 bits per heavy atom. The first-order chi connectivity index (χ1) is 16.7. The van der Waals surface area contributed by atoms with Gasteiger partial charge in [0.15, 0.2) is 0 Å². The number of para-hydroxylation sites is 1. The number of nitrogens with zero attached hydrogens (tertiary/aromatic N) is 2. The summed E-state index contributed by atoms with van der Waals surface area (Å²) < 4.78 is 41.6. The standard InChI is InChI=1S/C24H27F3N6O2/c1-2-22(34)32(14-17(28)13-31-29)9-8-30-12-16-10-19-20(21(11-16)24(25,26)27)15-33(23(19)35)18-6-4-3-5-7-18/h2-7,10-11,13,30-31H,1,8-9,12,14-15,28-29H2/b17-13-. The number of amides is 2. The number of fused-ring (bicyclic) bond motifs is 1. The summed E-state index contributed by atoms with van der Waals surface area (Å²) in [6, 6.07) is 11.1. The second-order valence-corrected chi connectivity index (χ2v) is 7.92. The normalized spacial score (nSPS) is 13.5. The van der Waals surface area contributed by atoms with Gasteiger partial charge in [-0.1, -0.05) is 24.8 Å². The zero-order valence-electron chi connectivity index (χ0n) is 18.9. The van der Waals surface area contributed by atoms with Gasteiger partial charge in [0.2, 0.25) is 5.91 Å². The summed E-state index contributed by atoms with van der Waals surface area (Å²) in [6.45, 7) is 3.97. The van der Waals surface area contributed by atoms with E-state index in [0.29, 0.717) is 16.9 Å². The van der Waals surface area contributed by atoms with Gasteiger partial charge in [-0.25, -0.2) is 0 Å². The van der Waals surface area contributed by atoms with Gasteiger partial charge in [0.05, 0.1) is 18.7 Å². The van der Waals surface area contributed by atoms with Crippen molar-refractivity contribution in [1.29, 1.82) is 0 Å². The molecule has 0 unspecified atom stereocenters. The van der Waals surface area contributed by atoms with Gasteiger partial charge in [0.1, 0.15) is 0 Å². The maximum absolute atomic E-state index is 13.9. The fourth-order valence-electron chi connectivity index (χ4n) is 3.86. The SMILES string of the molecule is C=CC(=O)N(CCNCc1cc2c(c(C(F)(F)F)c1)CN(c1ccccc1)C2=O)C/C(N)=C/NN. The lowest BCUT2D eigenvalue weighted by Crippen LogP contribution is -2.38. The van der Waals surface area contributed by atoms with E-state index in [9.17, 15) is 22.8 Å². The molecule has 0 spiro atoms. The first-order valence-electron chi connectivity index (χ1n) is 10.8. The number of hydrogen-bond donors (Lipinski definition) is 4. The summed E-state index contributed by atoms with van der Waals surface area (Å²) >= 11 is 0. The second-order valence-electron chi connectivity index (χ2n) is 7.92. The molecule has 0 saturated carbocycles. The number of benzene rings is 2. The van der Waals surface area contributed by atoms with Gasteiger partial charge in [0, 0.05) is 42.8 Å². The quantitative estimate of drug-likeness (QED) is 0.176. The molecule has 0 saturated heterocycles. The van der Waals surface area contributed by atoms with E-state index >= 15 is 0 Å². The number of carbonyl (C=O) groups is 2. The molecule has 0 fully saturated rings. The number of hydrogen-bond acceptors (Lipinski definition) is 6. The lowest BCUT2D eigenvalue weighted by molar-refractivity contribution is -0.138. The minimum absolute atomic E-state index is 0.0337. The zero-order chi connectivity index (χ0) is 25.6. The number of hydrazine groups is 1. The third-order valence-electron chi connectivity index (χ3n) is 5.49. The molecule has 0 aliphatic carbocycles. The number of alkyl halides is 3. The summed E-state index contributed by atoms with van der Waals surface area (Å²) in [5, 5.41) is 3.02. The van der Waals surface area contributed by atoms with Crippen LogP contribution in [0.1, 0.15) is 27.0 Å². The number of anilines is 1. The van der Waals surface area contributed by atoms with Crippen LogP contribution < -0.4 is 27.2 Å². The average Bonchev–Trinajstić information content (AvgIpc) is 3.16. The molecule has 2 aromatic carbocycles. The fraction of sp³-hybridized carbons (Fsp3) is 0.250. The van der Waals surface area contributed by atoms with Crippen LogP contribution in [-0.2, 0) is 24.1 Å². The third-order valence-corrected chi connectivity index (χ3v) is 5.49. The van der Waals surface area contributed by atoms with Gasteiger partial charge in [-0.15, -0.1) is 0 Å². The van der Waals surface area contributed by atoms with Gasteiger partial charge < -0.3 is 26.3 Å². The van der Waals surface area contributed by atoms with Crippen LogP contribution in [-0.4, -0.2) is 36.3 Å². The van der Waals surface area contributed by atoms with Crippen LogP contribution in [0, 0.1) is 0 Å². The third kappa shape index (κ3) is 6.19. The molecule has 1 aliphatic heterocycles. The molecular formula is C24H27F3N6O2. The highest BCUT2D eigenvalue weighted by molar-refractivity contribution is 6.10. The Kier molecular flexibility index (Phi) is 8.15. The minimum Gasteiger partial charge on any atom is -0.399 e. The Balaban J connectivity index is 1.74. The van der Waals surface area contributed by atoms with Crippen LogP contribution in [0.5, 0.6) is 0 Å². The van der Waals surface area contributed by atoms with Gasteiger partial charge in [-0.2, -0.15) is 13.2 Å². The number of nitrogens with two attached hydrogens (primary N) is 2. The number of nitrogens with one attached hydrogen (secondary N) is 2. The minimum atomic E-state index is -4.61. The van der Waals surface area contributed by atoms with Crippen molar-refractivity contribution < 1.29 is 22.8 Å². The summed E-state index contributed by atoms with van der Waals surface area (Å²) in [7, 11) is 0. The second kappa shape index (κ2) is 11.1. The van der Waals surface area contributed by atoms with E-state index in [1.54, 1.807) is 30.3 Å². The Labute approximate surface area is 201 Å². The van der Waals surface area contributed by atoms with Crippen molar-refractivity contribution in [2.45, 2.75) is 19.3 Å². The first kappa shape index (κ1) is 25.8. The van der Waals surface area contributed by atoms with Crippen LogP contribution in [0.15, 0.2) is 67.0 Å². The fourth-order valence-corrected chi connectivity index (χ4v) is 3.86. The Morgan fingerprint density at radius 3 is 2.57 bits per heavy atom. The van der Waals surface area contributed by atoms with Crippen molar-refractivity contribution in [3.8, 4) is 0 Å². The molecule has 0 radical (unpaired) electrons. The summed E-state index contributed by atoms with van der Waals surface area (Å²) in [6.07, 6.45) is -2.12. The van der Waals surface area contributed by atoms with E-state index in [1.165, 1.54) is 22.1 Å². The van der Waals surface area contributed by atoms with Crippen molar-refractivity contribution in [1.82, 2.24) is 15.6 Å². The molecule has 6 N–H and O–H groups in total. The lowest BCUT2D eigenvalue weighted by atomic mass is 9.99. The van der Waals surface area contributed by atoms with E-state index in [1.807, 2.05) is 0 Å². The van der Waals surface area contributed by atoms with E-state index < -0.39 is 17.6 Å². The molecular weight excluding hydrogens is 461 g/mol. The molecule has 11 heteroatoms. The molecule has 1 heterocycles. The van der Waals surface area contributed by atoms with Crippen LogP contribution in [0.2, 0.25) is 0 Å². The van der Waals surface area contributed by atoms with Crippen molar-refractivity contribution >= 4 is 17.5 Å². The smallest absolute Gasteiger partial charge is 0.399 e. The Hall–Kier alpha value is -3.83. The Bertz CT molecular complexity index is 1120. The summed E-state index contributed by atoms with van der Waals surface area (Å²) in [4.78, 5) is 27.8.